The molecule has 1 amide bonds. The lowest BCUT2D eigenvalue weighted by Gasteiger charge is -2.23. The number of carbonyl (C=O) groups is 1. The molecule has 2 rings (SSSR count). The highest BCUT2D eigenvalue weighted by Gasteiger charge is 2.27. The van der Waals surface area contributed by atoms with Crippen molar-refractivity contribution in [1.82, 2.24) is 10.3 Å². The number of nitrogens with one attached hydrogen (secondary N) is 1. The normalized spacial score (nSPS) is 25.4. The Morgan fingerprint density at radius 2 is 2.21 bits per heavy atom. The highest BCUT2D eigenvalue weighted by Crippen LogP contribution is 2.23. The van der Waals surface area contributed by atoms with Crippen LogP contribution in [0.15, 0.2) is 24.5 Å². The maximum atomic E-state index is 12.3. The van der Waals surface area contributed by atoms with Crippen LogP contribution in [-0.2, 0) is 4.79 Å². The average molecular weight is 261 g/mol. The van der Waals surface area contributed by atoms with E-state index < -0.39 is 0 Å². The van der Waals surface area contributed by atoms with Gasteiger partial charge in [0, 0.05) is 18.4 Å². The van der Waals surface area contributed by atoms with E-state index >= 15 is 0 Å². The quantitative estimate of drug-likeness (QED) is 0.819. The molecule has 1 saturated carbocycles. The van der Waals surface area contributed by atoms with Crippen LogP contribution in [0.25, 0.3) is 0 Å². The smallest absolute Gasteiger partial charge is 0.225 e. The fourth-order valence-electron chi connectivity index (χ4n) is 2.70. The predicted molar refractivity (Wildman–Crippen MR) is 75.3 cm³/mol. The molecule has 3 unspecified atom stereocenters. The standard InChI is InChI=1S/C15H23N3O/c1-11(12-6-5-9-17-10-12)18-15(19)13-7-3-2-4-8-14(13)16/h5-6,9-11,13-14H,2-4,7-8,16H2,1H3,(H,18,19). The first kappa shape index (κ1) is 14.0. The minimum Gasteiger partial charge on any atom is -0.349 e. The van der Waals surface area contributed by atoms with E-state index in [1.807, 2.05) is 19.1 Å². The van der Waals surface area contributed by atoms with Crippen LogP contribution in [0.2, 0.25) is 0 Å². The van der Waals surface area contributed by atoms with Gasteiger partial charge in [0.2, 0.25) is 5.91 Å². The zero-order chi connectivity index (χ0) is 13.7. The van der Waals surface area contributed by atoms with E-state index in [4.69, 9.17) is 5.73 Å². The highest BCUT2D eigenvalue weighted by molar-refractivity contribution is 5.79. The van der Waals surface area contributed by atoms with Crippen LogP contribution >= 0.6 is 0 Å². The van der Waals surface area contributed by atoms with Gasteiger partial charge in [-0.05, 0) is 31.4 Å². The molecule has 4 nitrogen and oxygen atoms in total. The topological polar surface area (TPSA) is 68.0 Å². The molecule has 3 N–H and O–H groups in total. The molecule has 0 radical (unpaired) electrons. The molecule has 1 aromatic heterocycles. The lowest BCUT2D eigenvalue weighted by molar-refractivity contribution is -0.126. The van der Waals surface area contributed by atoms with E-state index in [1.54, 1.807) is 12.4 Å². The van der Waals surface area contributed by atoms with Crippen LogP contribution in [-0.4, -0.2) is 16.9 Å². The van der Waals surface area contributed by atoms with Crippen molar-refractivity contribution < 1.29 is 4.79 Å². The third-order valence-corrected chi connectivity index (χ3v) is 3.95. The summed E-state index contributed by atoms with van der Waals surface area (Å²) in [5.74, 6) is 0.0485. The van der Waals surface area contributed by atoms with Crippen molar-refractivity contribution in [2.75, 3.05) is 0 Å². The van der Waals surface area contributed by atoms with E-state index in [0.717, 1.165) is 31.2 Å². The largest absolute Gasteiger partial charge is 0.349 e. The Labute approximate surface area is 114 Å². The van der Waals surface area contributed by atoms with E-state index in [2.05, 4.69) is 10.3 Å². The van der Waals surface area contributed by atoms with Gasteiger partial charge in [0.1, 0.15) is 0 Å². The van der Waals surface area contributed by atoms with Gasteiger partial charge in [-0.2, -0.15) is 0 Å². The van der Waals surface area contributed by atoms with Crippen LogP contribution in [0.4, 0.5) is 0 Å². The fourth-order valence-corrected chi connectivity index (χ4v) is 2.70. The van der Waals surface area contributed by atoms with E-state index in [9.17, 15) is 4.79 Å². The first-order valence-electron chi connectivity index (χ1n) is 7.14. The predicted octanol–water partition coefficient (Wildman–Crippen LogP) is 2.17. The third-order valence-electron chi connectivity index (χ3n) is 3.95. The van der Waals surface area contributed by atoms with E-state index in [-0.39, 0.29) is 23.9 Å². The van der Waals surface area contributed by atoms with Gasteiger partial charge in [-0.3, -0.25) is 9.78 Å². The Morgan fingerprint density at radius 1 is 1.42 bits per heavy atom. The molecule has 0 bridgehead atoms. The Bertz CT molecular complexity index is 407. The maximum absolute atomic E-state index is 12.3. The molecule has 4 heteroatoms. The number of hydrogen-bond acceptors (Lipinski definition) is 3. The number of aromatic nitrogens is 1. The van der Waals surface area contributed by atoms with Gasteiger partial charge in [0.05, 0.1) is 12.0 Å². The molecule has 1 aliphatic carbocycles. The minimum atomic E-state index is -0.0402. The number of nitrogens with zero attached hydrogens (tertiary/aromatic N) is 1. The van der Waals surface area contributed by atoms with Gasteiger partial charge >= 0.3 is 0 Å². The first-order valence-corrected chi connectivity index (χ1v) is 7.14. The second-order valence-corrected chi connectivity index (χ2v) is 5.42. The van der Waals surface area contributed by atoms with Crippen LogP contribution in [0, 0.1) is 5.92 Å². The summed E-state index contributed by atoms with van der Waals surface area (Å²) in [6, 6.07) is 3.85. The molecule has 0 aromatic carbocycles. The van der Waals surface area contributed by atoms with Gasteiger partial charge in [0.25, 0.3) is 0 Å². The molecule has 0 saturated heterocycles. The zero-order valence-corrected chi connectivity index (χ0v) is 11.5. The summed E-state index contributed by atoms with van der Waals surface area (Å²) in [7, 11) is 0. The zero-order valence-electron chi connectivity index (χ0n) is 11.5. The van der Waals surface area contributed by atoms with Crippen molar-refractivity contribution in [3.63, 3.8) is 0 Å². The molecule has 1 fully saturated rings. The van der Waals surface area contributed by atoms with Crippen molar-refractivity contribution in [3.8, 4) is 0 Å². The third kappa shape index (κ3) is 3.77. The molecular formula is C15H23N3O. The number of amides is 1. The van der Waals surface area contributed by atoms with E-state index in [0.29, 0.717) is 0 Å². The second-order valence-electron chi connectivity index (χ2n) is 5.42. The van der Waals surface area contributed by atoms with Gasteiger partial charge < -0.3 is 11.1 Å². The van der Waals surface area contributed by atoms with Crippen molar-refractivity contribution >= 4 is 5.91 Å². The molecule has 104 valence electrons. The Morgan fingerprint density at radius 3 is 2.95 bits per heavy atom. The summed E-state index contributed by atoms with van der Waals surface area (Å²) in [6.45, 7) is 1.98. The number of hydrogen-bond donors (Lipinski definition) is 2. The summed E-state index contributed by atoms with van der Waals surface area (Å²) in [5.41, 5.74) is 7.15. The maximum Gasteiger partial charge on any atom is 0.225 e. The van der Waals surface area contributed by atoms with Crippen LogP contribution < -0.4 is 11.1 Å². The van der Waals surface area contributed by atoms with Crippen LogP contribution in [0.1, 0.15) is 50.6 Å². The molecule has 1 aromatic rings. The van der Waals surface area contributed by atoms with Crippen LogP contribution in [0.5, 0.6) is 0 Å². The molecule has 1 heterocycles. The summed E-state index contributed by atoms with van der Waals surface area (Å²) in [4.78, 5) is 16.4. The van der Waals surface area contributed by atoms with Crippen molar-refractivity contribution in [1.29, 1.82) is 0 Å². The second kappa shape index (κ2) is 6.66. The molecule has 3 atom stereocenters. The number of carbonyl (C=O) groups excluding carboxylic acids is 1. The van der Waals surface area contributed by atoms with Crippen molar-refractivity contribution in [2.24, 2.45) is 11.7 Å². The molecule has 0 spiro atoms. The Hall–Kier alpha value is -1.42. The van der Waals surface area contributed by atoms with Gasteiger partial charge in [0.15, 0.2) is 0 Å². The summed E-state index contributed by atoms with van der Waals surface area (Å²) in [5, 5.41) is 3.07. The summed E-state index contributed by atoms with van der Waals surface area (Å²) >= 11 is 0. The SMILES string of the molecule is CC(NC(=O)C1CCCCCC1N)c1cccnc1. The number of rotatable bonds is 3. The molecule has 19 heavy (non-hydrogen) atoms. The number of nitrogens with two attached hydrogens (primary N) is 1. The lowest BCUT2D eigenvalue weighted by Crippen LogP contribution is -2.42. The van der Waals surface area contributed by atoms with E-state index in [1.165, 1.54) is 6.42 Å². The first-order chi connectivity index (χ1) is 9.18. The Kier molecular flexibility index (Phi) is 4.91. The van der Waals surface area contributed by atoms with Gasteiger partial charge in [-0.25, -0.2) is 0 Å². The van der Waals surface area contributed by atoms with Crippen molar-refractivity contribution in [2.45, 2.75) is 51.1 Å². The van der Waals surface area contributed by atoms with Crippen molar-refractivity contribution in [3.05, 3.63) is 30.1 Å². The fraction of sp³-hybridized carbons (Fsp3) is 0.600. The Balaban J connectivity index is 1.96. The summed E-state index contributed by atoms with van der Waals surface area (Å²) < 4.78 is 0. The summed E-state index contributed by atoms with van der Waals surface area (Å²) in [6.07, 6.45) is 8.83. The van der Waals surface area contributed by atoms with Gasteiger partial charge in [-0.15, -0.1) is 0 Å². The molecule has 0 aliphatic heterocycles. The monoisotopic (exact) mass is 261 g/mol. The highest BCUT2D eigenvalue weighted by atomic mass is 16.2. The molecule has 1 aliphatic rings. The number of pyridine rings is 1. The molecular weight excluding hydrogens is 238 g/mol. The minimum absolute atomic E-state index is 0.00333. The van der Waals surface area contributed by atoms with Crippen LogP contribution in [0.3, 0.4) is 0 Å². The lowest BCUT2D eigenvalue weighted by atomic mass is 9.94. The van der Waals surface area contributed by atoms with Gasteiger partial charge in [-0.1, -0.05) is 25.3 Å². The average Bonchev–Trinajstić information content (AvgIpc) is 2.64.